The predicted octanol–water partition coefficient (Wildman–Crippen LogP) is 0.647. The van der Waals surface area contributed by atoms with Crippen LogP contribution >= 0.6 is 0 Å². The molecule has 80 valence electrons. The molecule has 0 bridgehead atoms. The highest BCUT2D eigenvalue weighted by molar-refractivity contribution is 5.82. The molecule has 0 fully saturated rings. The molecule has 15 heavy (non-hydrogen) atoms. The van der Waals surface area contributed by atoms with Gasteiger partial charge in [-0.05, 0) is 5.92 Å². The van der Waals surface area contributed by atoms with Crippen LogP contribution in [0.5, 0.6) is 0 Å². The molecule has 6 heteroatoms. The lowest BCUT2D eigenvalue weighted by atomic mass is 10.2. The summed E-state index contributed by atoms with van der Waals surface area (Å²) >= 11 is 0. The Morgan fingerprint density at radius 3 is 2.73 bits per heavy atom. The fraction of sp³-hybridized carbons (Fsp3) is 0.444. The number of aromatic nitrogens is 4. The van der Waals surface area contributed by atoms with Gasteiger partial charge >= 0.3 is 0 Å². The second-order valence-corrected chi connectivity index (χ2v) is 3.93. The minimum absolute atomic E-state index is 0.186. The van der Waals surface area contributed by atoms with Crippen LogP contribution in [0.4, 0.5) is 11.8 Å². The standard InChI is InChI=1S/C9H14N6/c1-5(2)3-15-4-12-6-7(10)13-9(11)14-8(6)15/h4-5H,3H2,1-2H3,(H4,10,11,13,14). The molecule has 0 amide bonds. The molecular formula is C9H14N6. The van der Waals surface area contributed by atoms with Crippen LogP contribution in [0, 0.1) is 5.92 Å². The van der Waals surface area contributed by atoms with Gasteiger partial charge < -0.3 is 16.0 Å². The van der Waals surface area contributed by atoms with E-state index in [1.807, 2.05) is 4.57 Å². The van der Waals surface area contributed by atoms with Crippen LogP contribution < -0.4 is 11.5 Å². The summed E-state index contributed by atoms with van der Waals surface area (Å²) in [5.41, 5.74) is 12.6. The maximum Gasteiger partial charge on any atom is 0.224 e. The van der Waals surface area contributed by atoms with Crippen LogP contribution in [0.3, 0.4) is 0 Å². The highest BCUT2D eigenvalue weighted by Gasteiger charge is 2.10. The van der Waals surface area contributed by atoms with Crippen LogP contribution in [-0.4, -0.2) is 19.5 Å². The first-order valence-electron chi connectivity index (χ1n) is 4.81. The Balaban J connectivity index is 2.58. The summed E-state index contributed by atoms with van der Waals surface area (Å²) < 4.78 is 1.94. The van der Waals surface area contributed by atoms with Gasteiger partial charge in [-0.25, -0.2) is 4.98 Å². The third-order valence-electron chi connectivity index (χ3n) is 2.07. The maximum atomic E-state index is 5.69. The summed E-state index contributed by atoms with van der Waals surface area (Å²) in [4.78, 5) is 12.2. The molecule has 0 aromatic carbocycles. The van der Waals surface area contributed by atoms with E-state index in [0.29, 0.717) is 22.9 Å². The molecule has 0 aliphatic rings. The molecule has 0 radical (unpaired) electrons. The number of imidazole rings is 1. The second kappa shape index (κ2) is 3.38. The summed E-state index contributed by atoms with van der Waals surface area (Å²) in [6.07, 6.45) is 1.72. The number of fused-ring (bicyclic) bond motifs is 1. The van der Waals surface area contributed by atoms with E-state index in [9.17, 15) is 0 Å². The fourth-order valence-corrected chi connectivity index (χ4v) is 1.51. The van der Waals surface area contributed by atoms with Crippen LogP contribution in [0.15, 0.2) is 6.33 Å². The van der Waals surface area contributed by atoms with Gasteiger partial charge in [-0.1, -0.05) is 13.8 Å². The van der Waals surface area contributed by atoms with Crippen molar-refractivity contribution in [2.24, 2.45) is 5.92 Å². The van der Waals surface area contributed by atoms with Gasteiger partial charge in [-0.2, -0.15) is 9.97 Å². The zero-order chi connectivity index (χ0) is 11.0. The van der Waals surface area contributed by atoms with Crippen molar-refractivity contribution in [2.45, 2.75) is 20.4 Å². The van der Waals surface area contributed by atoms with Crippen molar-refractivity contribution >= 4 is 22.9 Å². The first-order valence-corrected chi connectivity index (χ1v) is 4.81. The van der Waals surface area contributed by atoms with Gasteiger partial charge in [0.1, 0.15) is 5.52 Å². The minimum Gasteiger partial charge on any atom is -0.382 e. The molecule has 4 N–H and O–H groups in total. The highest BCUT2D eigenvalue weighted by atomic mass is 15.2. The van der Waals surface area contributed by atoms with Gasteiger partial charge in [0, 0.05) is 6.54 Å². The Hall–Kier alpha value is -1.85. The predicted molar refractivity (Wildman–Crippen MR) is 59.0 cm³/mol. The van der Waals surface area contributed by atoms with Crippen molar-refractivity contribution in [1.82, 2.24) is 19.5 Å². The lowest BCUT2D eigenvalue weighted by molar-refractivity contribution is 0.530. The zero-order valence-corrected chi connectivity index (χ0v) is 8.81. The van der Waals surface area contributed by atoms with Crippen molar-refractivity contribution in [3.8, 4) is 0 Å². The van der Waals surface area contributed by atoms with Crippen LogP contribution in [0.1, 0.15) is 13.8 Å². The Bertz CT molecular complexity index is 487. The van der Waals surface area contributed by atoms with E-state index in [1.54, 1.807) is 6.33 Å². The highest BCUT2D eigenvalue weighted by Crippen LogP contribution is 2.17. The average Bonchev–Trinajstić information content (AvgIpc) is 2.48. The van der Waals surface area contributed by atoms with E-state index in [-0.39, 0.29) is 5.95 Å². The SMILES string of the molecule is CC(C)Cn1cnc2c(N)nc(N)nc21. The summed E-state index contributed by atoms with van der Waals surface area (Å²) in [5.74, 6) is 1.03. The second-order valence-electron chi connectivity index (χ2n) is 3.93. The van der Waals surface area contributed by atoms with E-state index in [1.165, 1.54) is 0 Å². The Morgan fingerprint density at radius 1 is 1.33 bits per heavy atom. The molecule has 0 unspecified atom stereocenters. The number of rotatable bonds is 2. The van der Waals surface area contributed by atoms with Gasteiger partial charge in [0.2, 0.25) is 5.95 Å². The van der Waals surface area contributed by atoms with E-state index < -0.39 is 0 Å². The van der Waals surface area contributed by atoms with E-state index in [0.717, 1.165) is 6.54 Å². The first-order chi connectivity index (χ1) is 7.08. The summed E-state index contributed by atoms with van der Waals surface area (Å²) in [7, 11) is 0. The molecule has 2 heterocycles. The molecule has 2 aromatic rings. The Morgan fingerprint density at radius 2 is 2.07 bits per heavy atom. The monoisotopic (exact) mass is 206 g/mol. The third-order valence-corrected chi connectivity index (χ3v) is 2.07. The number of anilines is 2. The Kier molecular flexibility index (Phi) is 2.18. The van der Waals surface area contributed by atoms with Crippen LogP contribution in [0.2, 0.25) is 0 Å². The number of hydrogen-bond acceptors (Lipinski definition) is 5. The number of nitrogen functional groups attached to an aromatic ring is 2. The molecule has 0 saturated heterocycles. The molecule has 0 aliphatic heterocycles. The van der Waals surface area contributed by atoms with Crippen molar-refractivity contribution in [3.63, 3.8) is 0 Å². The van der Waals surface area contributed by atoms with Gasteiger partial charge in [0.15, 0.2) is 11.5 Å². The lowest BCUT2D eigenvalue weighted by Gasteiger charge is -2.06. The summed E-state index contributed by atoms with van der Waals surface area (Å²) in [5, 5.41) is 0. The number of hydrogen-bond donors (Lipinski definition) is 2. The van der Waals surface area contributed by atoms with Crippen LogP contribution in [0.25, 0.3) is 11.2 Å². The summed E-state index contributed by atoms with van der Waals surface area (Å²) in [6, 6.07) is 0. The zero-order valence-electron chi connectivity index (χ0n) is 8.81. The minimum atomic E-state index is 0.186. The van der Waals surface area contributed by atoms with Gasteiger partial charge in [0.25, 0.3) is 0 Å². The van der Waals surface area contributed by atoms with Crippen molar-refractivity contribution < 1.29 is 0 Å². The quantitative estimate of drug-likeness (QED) is 0.752. The lowest BCUT2D eigenvalue weighted by Crippen LogP contribution is -2.06. The topological polar surface area (TPSA) is 95.6 Å². The Labute approximate surface area is 87.3 Å². The van der Waals surface area contributed by atoms with E-state index in [2.05, 4.69) is 28.8 Å². The molecule has 0 spiro atoms. The van der Waals surface area contributed by atoms with Gasteiger partial charge in [-0.15, -0.1) is 0 Å². The molecular weight excluding hydrogens is 192 g/mol. The van der Waals surface area contributed by atoms with Crippen molar-refractivity contribution in [1.29, 1.82) is 0 Å². The molecule has 2 aromatic heterocycles. The van der Waals surface area contributed by atoms with Crippen molar-refractivity contribution in [2.75, 3.05) is 11.5 Å². The molecule has 0 aliphatic carbocycles. The number of nitrogens with zero attached hydrogens (tertiary/aromatic N) is 4. The molecule has 0 saturated carbocycles. The normalized spacial score (nSPS) is 11.4. The maximum absolute atomic E-state index is 5.69. The third kappa shape index (κ3) is 1.70. The average molecular weight is 206 g/mol. The van der Waals surface area contributed by atoms with E-state index in [4.69, 9.17) is 11.5 Å². The first kappa shape index (κ1) is 9.70. The molecule has 6 nitrogen and oxygen atoms in total. The van der Waals surface area contributed by atoms with Crippen LogP contribution in [-0.2, 0) is 6.54 Å². The largest absolute Gasteiger partial charge is 0.382 e. The van der Waals surface area contributed by atoms with Gasteiger partial charge in [0.05, 0.1) is 6.33 Å². The van der Waals surface area contributed by atoms with Gasteiger partial charge in [-0.3, -0.25) is 0 Å². The number of nitrogens with two attached hydrogens (primary N) is 2. The summed E-state index contributed by atoms with van der Waals surface area (Å²) in [6.45, 7) is 5.09. The van der Waals surface area contributed by atoms with Crippen molar-refractivity contribution in [3.05, 3.63) is 6.33 Å². The smallest absolute Gasteiger partial charge is 0.224 e. The van der Waals surface area contributed by atoms with E-state index >= 15 is 0 Å². The fourth-order valence-electron chi connectivity index (χ4n) is 1.51. The molecule has 2 rings (SSSR count). The molecule has 0 atom stereocenters.